The summed E-state index contributed by atoms with van der Waals surface area (Å²) in [5.41, 5.74) is 0.649. The molecule has 1 unspecified atom stereocenters. The van der Waals surface area contributed by atoms with Gasteiger partial charge in [0.2, 0.25) is 0 Å². The van der Waals surface area contributed by atoms with Crippen LogP contribution in [0.4, 0.5) is 0 Å². The number of hydrogen-bond acceptors (Lipinski definition) is 5. The van der Waals surface area contributed by atoms with Gasteiger partial charge in [0.05, 0.1) is 19.6 Å². The van der Waals surface area contributed by atoms with Gasteiger partial charge in [0.25, 0.3) is 5.91 Å². The molecule has 1 heterocycles. The van der Waals surface area contributed by atoms with Gasteiger partial charge in [0.1, 0.15) is 4.88 Å². The fourth-order valence-electron chi connectivity index (χ4n) is 1.73. The van der Waals surface area contributed by atoms with Crippen LogP contribution < -0.4 is 0 Å². The third-order valence-corrected chi connectivity index (χ3v) is 3.72. The van der Waals surface area contributed by atoms with Gasteiger partial charge in [-0.1, -0.05) is 18.8 Å². The van der Waals surface area contributed by atoms with E-state index in [1.165, 1.54) is 23.3 Å². The number of esters is 1. The van der Waals surface area contributed by atoms with Crippen molar-refractivity contribution < 1.29 is 19.4 Å². The van der Waals surface area contributed by atoms with Crippen LogP contribution in [0.5, 0.6) is 0 Å². The van der Waals surface area contributed by atoms with Crippen LogP contribution in [0.25, 0.3) is 0 Å². The van der Waals surface area contributed by atoms with Crippen molar-refractivity contribution in [3.8, 4) is 11.8 Å². The van der Waals surface area contributed by atoms with Crippen molar-refractivity contribution in [2.24, 2.45) is 5.92 Å². The van der Waals surface area contributed by atoms with Crippen LogP contribution in [0.15, 0.2) is 11.4 Å². The van der Waals surface area contributed by atoms with E-state index in [9.17, 15) is 9.59 Å². The smallest absolute Gasteiger partial charge is 0.310 e. The first-order valence-corrected chi connectivity index (χ1v) is 7.39. The molecule has 0 aromatic carbocycles. The highest BCUT2D eigenvalue weighted by Gasteiger charge is 2.21. The van der Waals surface area contributed by atoms with Crippen LogP contribution in [-0.2, 0) is 9.53 Å². The number of aliphatic hydroxyl groups excluding tert-OH is 1. The molecule has 114 valence electrons. The summed E-state index contributed by atoms with van der Waals surface area (Å²) in [4.78, 5) is 25.8. The van der Waals surface area contributed by atoms with Gasteiger partial charge in [0, 0.05) is 25.6 Å². The highest BCUT2D eigenvalue weighted by molar-refractivity contribution is 7.12. The molecule has 0 bridgehead atoms. The molecule has 6 heteroatoms. The topological polar surface area (TPSA) is 66.8 Å². The molecule has 1 atom stereocenters. The highest BCUT2D eigenvalue weighted by Crippen LogP contribution is 2.18. The maximum Gasteiger partial charge on any atom is 0.310 e. The van der Waals surface area contributed by atoms with Gasteiger partial charge in [-0.2, -0.15) is 0 Å². The minimum absolute atomic E-state index is 0.00301. The lowest BCUT2D eigenvalue weighted by Gasteiger charge is -2.19. The Morgan fingerprint density at radius 1 is 1.52 bits per heavy atom. The van der Waals surface area contributed by atoms with E-state index in [0.29, 0.717) is 16.9 Å². The normalized spacial score (nSPS) is 11.2. The maximum absolute atomic E-state index is 12.4. The van der Waals surface area contributed by atoms with E-state index in [1.54, 1.807) is 25.4 Å². The van der Waals surface area contributed by atoms with E-state index in [2.05, 4.69) is 16.6 Å². The van der Waals surface area contributed by atoms with E-state index in [1.807, 2.05) is 0 Å². The quantitative estimate of drug-likeness (QED) is 0.659. The van der Waals surface area contributed by atoms with Gasteiger partial charge in [-0.15, -0.1) is 11.3 Å². The second-order valence-corrected chi connectivity index (χ2v) is 5.46. The lowest BCUT2D eigenvalue weighted by atomic mass is 10.1. The average Bonchev–Trinajstić information content (AvgIpc) is 2.94. The summed E-state index contributed by atoms with van der Waals surface area (Å²) >= 11 is 1.31. The van der Waals surface area contributed by atoms with Crippen LogP contribution >= 0.6 is 11.3 Å². The molecule has 0 aliphatic heterocycles. The summed E-state index contributed by atoms with van der Waals surface area (Å²) < 4.78 is 4.65. The lowest BCUT2D eigenvalue weighted by molar-refractivity contribution is -0.145. The van der Waals surface area contributed by atoms with E-state index < -0.39 is 0 Å². The summed E-state index contributed by atoms with van der Waals surface area (Å²) in [5.74, 6) is 4.78. The van der Waals surface area contributed by atoms with Crippen molar-refractivity contribution in [3.05, 3.63) is 21.9 Å². The fraction of sp³-hybridized carbons (Fsp3) is 0.467. The number of rotatable bonds is 5. The van der Waals surface area contributed by atoms with E-state index in [0.717, 1.165) is 0 Å². The lowest BCUT2D eigenvalue weighted by Crippen LogP contribution is -2.34. The highest BCUT2D eigenvalue weighted by atomic mass is 32.1. The molecule has 21 heavy (non-hydrogen) atoms. The standard InChI is InChI=1S/C15H19NO4S/c1-11(15(19)20-3)10-16(2)14(18)13-12(7-9-21-13)6-4-5-8-17/h7,9,11,17H,5,8,10H2,1-3H3. The Hall–Kier alpha value is -1.84. The molecule has 1 amide bonds. The summed E-state index contributed by atoms with van der Waals surface area (Å²) in [6.45, 7) is 2.00. The zero-order valence-corrected chi connectivity index (χ0v) is 13.2. The van der Waals surface area contributed by atoms with E-state index >= 15 is 0 Å². The number of nitrogens with zero attached hydrogens (tertiary/aromatic N) is 1. The predicted octanol–water partition coefficient (Wildman–Crippen LogP) is 1.36. The number of carbonyl (C=O) groups excluding carboxylic acids is 2. The molecular formula is C15H19NO4S. The summed E-state index contributed by atoms with van der Waals surface area (Å²) in [7, 11) is 2.97. The summed E-state index contributed by atoms with van der Waals surface area (Å²) in [6, 6.07) is 1.78. The largest absolute Gasteiger partial charge is 0.469 e. The van der Waals surface area contributed by atoms with Crippen LogP contribution in [0, 0.1) is 17.8 Å². The Morgan fingerprint density at radius 3 is 2.86 bits per heavy atom. The number of aliphatic hydroxyl groups is 1. The van der Waals surface area contributed by atoms with Crippen molar-refractivity contribution in [2.45, 2.75) is 13.3 Å². The second-order valence-electron chi connectivity index (χ2n) is 4.55. The molecule has 5 nitrogen and oxygen atoms in total. The van der Waals surface area contributed by atoms with Crippen LogP contribution in [0.1, 0.15) is 28.6 Å². The van der Waals surface area contributed by atoms with Gasteiger partial charge < -0.3 is 14.7 Å². The van der Waals surface area contributed by atoms with Gasteiger partial charge in [-0.3, -0.25) is 9.59 Å². The summed E-state index contributed by atoms with van der Waals surface area (Å²) in [5, 5.41) is 10.5. The zero-order chi connectivity index (χ0) is 15.8. The molecule has 0 saturated heterocycles. The number of carbonyl (C=O) groups is 2. The molecule has 0 spiro atoms. The average molecular weight is 309 g/mol. The van der Waals surface area contributed by atoms with Crippen molar-refractivity contribution in [1.82, 2.24) is 4.90 Å². The fourth-order valence-corrected chi connectivity index (χ4v) is 2.57. The van der Waals surface area contributed by atoms with Gasteiger partial charge in [-0.25, -0.2) is 0 Å². The van der Waals surface area contributed by atoms with Crippen LogP contribution in [-0.4, -0.2) is 49.2 Å². The number of amides is 1. The molecule has 1 aromatic rings. The van der Waals surface area contributed by atoms with Crippen LogP contribution in [0.2, 0.25) is 0 Å². The van der Waals surface area contributed by atoms with E-state index in [-0.39, 0.29) is 30.9 Å². The minimum atomic E-state index is -0.382. The maximum atomic E-state index is 12.4. The molecule has 0 fully saturated rings. The SMILES string of the molecule is COC(=O)C(C)CN(C)C(=O)c1sccc1C#CCCO. The Morgan fingerprint density at radius 2 is 2.24 bits per heavy atom. The third-order valence-electron chi connectivity index (χ3n) is 2.82. The van der Waals surface area contributed by atoms with Crippen molar-refractivity contribution >= 4 is 23.2 Å². The number of thiophene rings is 1. The number of hydrogen-bond donors (Lipinski definition) is 1. The zero-order valence-electron chi connectivity index (χ0n) is 12.4. The summed E-state index contributed by atoms with van der Waals surface area (Å²) in [6.07, 6.45) is 0.374. The first-order valence-electron chi connectivity index (χ1n) is 6.51. The Bertz CT molecular complexity index is 556. The Kier molecular flexibility index (Phi) is 6.92. The second kappa shape index (κ2) is 8.45. The van der Waals surface area contributed by atoms with Crippen molar-refractivity contribution in [2.75, 3.05) is 27.3 Å². The Balaban J connectivity index is 2.78. The monoisotopic (exact) mass is 309 g/mol. The third kappa shape index (κ3) is 4.88. The molecule has 0 aliphatic carbocycles. The van der Waals surface area contributed by atoms with Crippen molar-refractivity contribution in [1.29, 1.82) is 0 Å². The predicted molar refractivity (Wildman–Crippen MR) is 81.0 cm³/mol. The first kappa shape index (κ1) is 17.2. The molecule has 0 radical (unpaired) electrons. The molecule has 1 N–H and O–H groups in total. The Labute approximate surface area is 128 Å². The number of methoxy groups -OCH3 is 1. The molecule has 0 aliphatic rings. The molecule has 1 rings (SSSR count). The molecule has 1 aromatic heterocycles. The minimum Gasteiger partial charge on any atom is -0.469 e. The molecular weight excluding hydrogens is 290 g/mol. The number of ether oxygens (including phenoxy) is 1. The van der Waals surface area contributed by atoms with Gasteiger partial charge >= 0.3 is 5.97 Å². The van der Waals surface area contributed by atoms with Gasteiger partial charge in [0.15, 0.2) is 0 Å². The van der Waals surface area contributed by atoms with Crippen LogP contribution in [0.3, 0.4) is 0 Å². The van der Waals surface area contributed by atoms with E-state index in [4.69, 9.17) is 5.11 Å². The van der Waals surface area contributed by atoms with Crippen molar-refractivity contribution in [3.63, 3.8) is 0 Å². The first-order chi connectivity index (χ1) is 10.0. The molecule has 0 saturated carbocycles. The van der Waals surface area contributed by atoms with Gasteiger partial charge in [-0.05, 0) is 11.4 Å².